The molecule has 0 aromatic carbocycles. The molecule has 0 saturated heterocycles. The Morgan fingerprint density at radius 3 is 2.77 bits per heavy atom. The summed E-state index contributed by atoms with van der Waals surface area (Å²) in [7, 11) is 0. The van der Waals surface area contributed by atoms with Crippen molar-refractivity contribution in [3.8, 4) is 12.3 Å². The second-order valence-electron chi connectivity index (χ2n) is 2.99. The van der Waals surface area contributed by atoms with E-state index in [-0.39, 0.29) is 5.97 Å². The fraction of sp³-hybridized carbons (Fsp3) is 0.727. The van der Waals surface area contributed by atoms with Gasteiger partial charge < -0.3 is 4.74 Å². The third kappa shape index (κ3) is 8.94. The largest absolute Gasteiger partial charge is 0.466 e. The average Bonchev–Trinajstić information content (AvgIpc) is 2.14. The lowest BCUT2D eigenvalue weighted by atomic mass is 10.2. The fourth-order valence-electron chi connectivity index (χ4n) is 0.961. The fourth-order valence-corrected chi connectivity index (χ4v) is 0.961. The van der Waals surface area contributed by atoms with E-state index in [4.69, 9.17) is 11.2 Å². The molecule has 0 spiro atoms. The van der Waals surface area contributed by atoms with E-state index in [0.29, 0.717) is 19.4 Å². The van der Waals surface area contributed by atoms with Crippen molar-refractivity contribution in [1.82, 2.24) is 0 Å². The SMILES string of the molecule is C#CCCC(=O)OCCCCCC. The molecule has 0 unspecified atom stereocenters. The number of rotatable bonds is 7. The van der Waals surface area contributed by atoms with Crippen molar-refractivity contribution in [2.24, 2.45) is 0 Å². The van der Waals surface area contributed by atoms with Crippen LogP contribution in [0.15, 0.2) is 0 Å². The highest BCUT2D eigenvalue weighted by Gasteiger charge is 1.99. The summed E-state index contributed by atoms with van der Waals surface area (Å²) in [6.45, 7) is 2.70. The predicted octanol–water partition coefficient (Wildman–Crippen LogP) is 2.52. The summed E-state index contributed by atoms with van der Waals surface area (Å²) in [5.74, 6) is 2.24. The van der Waals surface area contributed by atoms with E-state index in [2.05, 4.69) is 12.8 Å². The molecule has 2 heteroatoms. The van der Waals surface area contributed by atoms with Crippen LogP contribution in [0.25, 0.3) is 0 Å². The maximum absolute atomic E-state index is 10.9. The molecule has 0 radical (unpaired) electrons. The van der Waals surface area contributed by atoms with Gasteiger partial charge in [0, 0.05) is 6.42 Å². The van der Waals surface area contributed by atoms with Crippen LogP contribution in [0.2, 0.25) is 0 Å². The summed E-state index contributed by atoms with van der Waals surface area (Å²) in [6.07, 6.45) is 10.4. The first-order valence-electron chi connectivity index (χ1n) is 4.90. The molecule has 0 aliphatic heterocycles. The number of carbonyl (C=O) groups is 1. The minimum atomic E-state index is -0.172. The highest BCUT2D eigenvalue weighted by Crippen LogP contribution is 2.00. The summed E-state index contributed by atoms with van der Waals surface area (Å²) in [5, 5.41) is 0. The Hall–Kier alpha value is -0.970. The molecule has 0 aliphatic rings. The molecule has 0 atom stereocenters. The van der Waals surface area contributed by atoms with Gasteiger partial charge in [-0.25, -0.2) is 0 Å². The van der Waals surface area contributed by atoms with Gasteiger partial charge in [-0.3, -0.25) is 4.79 Å². The number of hydrogen-bond donors (Lipinski definition) is 0. The lowest BCUT2D eigenvalue weighted by molar-refractivity contribution is -0.143. The smallest absolute Gasteiger partial charge is 0.306 e. The molecule has 2 nitrogen and oxygen atoms in total. The van der Waals surface area contributed by atoms with Crippen molar-refractivity contribution >= 4 is 5.97 Å². The van der Waals surface area contributed by atoms with Crippen molar-refractivity contribution in [1.29, 1.82) is 0 Å². The zero-order valence-corrected chi connectivity index (χ0v) is 8.34. The van der Waals surface area contributed by atoms with Crippen molar-refractivity contribution in [2.75, 3.05) is 6.61 Å². The Morgan fingerprint density at radius 1 is 1.38 bits per heavy atom. The molecule has 0 fully saturated rings. The molecule has 0 heterocycles. The number of hydrogen-bond acceptors (Lipinski definition) is 2. The van der Waals surface area contributed by atoms with Gasteiger partial charge in [-0.1, -0.05) is 26.2 Å². The number of ether oxygens (including phenoxy) is 1. The van der Waals surface area contributed by atoms with Gasteiger partial charge >= 0.3 is 5.97 Å². The Labute approximate surface area is 80.7 Å². The van der Waals surface area contributed by atoms with E-state index in [1.165, 1.54) is 12.8 Å². The quantitative estimate of drug-likeness (QED) is 0.343. The minimum Gasteiger partial charge on any atom is -0.466 e. The lowest BCUT2D eigenvalue weighted by Gasteiger charge is -2.02. The Balaban J connectivity index is 3.13. The van der Waals surface area contributed by atoms with Crippen LogP contribution >= 0.6 is 0 Å². The molecule has 0 amide bonds. The summed E-state index contributed by atoms with van der Waals surface area (Å²) in [6, 6.07) is 0. The summed E-state index contributed by atoms with van der Waals surface area (Å²) in [5.41, 5.74) is 0. The van der Waals surface area contributed by atoms with Crippen LogP contribution in [-0.2, 0) is 9.53 Å². The monoisotopic (exact) mass is 182 g/mol. The molecule has 0 saturated carbocycles. The van der Waals surface area contributed by atoms with Crippen molar-refractivity contribution in [3.05, 3.63) is 0 Å². The van der Waals surface area contributed by atoms with Gasteiger partial charge in [0.25, 0.3) is 0 Å². The zero-order valence-electron chi connectivity index (χ0n) is 8.34. The zero-order chi connectivity index (χ0) is 9.94. The highest BCUT2D eigenvalue weighted by molar-refractivity contribution is 5.69. The van der Waals surface area contributed by atoms with Crippen LogP contribution < -0.4 is 0 Å². The van der Waals surface area contributed by atoms with Gasteiger partial charge in [-0.15, -0.1) is 12.3 Å². The maximum Gasteiger partial charge on any atom is 0.306 e. The normalized spacial score (nSPS) is 9.23. The standard InChI is InChI=1S/C11H18O2/c1-3-5-7-8-10-13-11(12)9-6-4-2/h2H,3,5-10H2,1H3. The number of unbranched alkanes of at least 4 members (excludes halogenated alkanes) is 3. The molecule has 13 heavy (non-hydrogen) atoms. The highest BCUT2D eigenvalue weighted by atomic mass is 16.5. The number of carbonyl (C=O) groups excluding carboxylic acids is 1. The third-order valence-corrected chi connectivity index (χ3v) is 1.73. The topological polar surface area (TPSA) is 26.3 Å². The molecule has 0 aromatic rings. The van der Waals surface area contributed by atoms with Gasteiger partial charge in [0.05, 0.1) is 13.0 Å². The first-order valence-corrected chi connectivity index (χ1v) is 4.90. The Kier molecular flexibility index (Phi) is 8.44. The van der Waals surface area contributed by atoms with E-state index in [1.54, 1.807) is 0 Å². The Bertz CT molecular complexity index is 167. The van der Waals surface area contributed by atoms with E-state index < -0.39 is 0 Å². The molecule has 0 rings (SSSR count). The number of esters is 1. The molecule has 0 aromatic heterocycles. The molecule has 0 N–H and O–H groups in total. The molecular formula is C11H18O2. The van der Waals surface area contributed by atoms with Gasteiger partial charge in [-0.2, -0.15) is 0 Å². The lowest BCUT2D eigenvalue weighted by Crippen LogP contribution is -2.05. The van der Waals surface area contributed by atoms with Crippen molar-refractivity contribution < 1.29 is 9.53 Å². The van der Waals surface area contributed by atoms with E-state index >= 15 is 0 Å². The summed E-state index contributed by atoms with van der Waals surface area (Å²) in [4.78, 5) is 10.9. The molecule has 74 valence electrons. The second kappa shape index (κ2) is 9.12. The van der Waals surface area contributed by atoms with Crippen LogP contribution in [0.1, 0.15) is 45.4 Å². The van der Waals surface area contributed by atoms with E-state index in [0.717, 1.165) is 12.8 Å². The van der Waals surface area contributed by atoms with E-state index in [9.17, 15) is 4.79 Å². The average molecular weight is 182 g/mol. The maximum atomic E-state index is 10.9. The van der Waals surface area contributed by atoms with Gasteiger partial charge in [0.15, 0.2) is 0 Å². The minimum absolute atomic E-state index is 0.172. The van der Waals surface area contributed by atoms with Crippen LogP contribution in [0.5, 0.6) is 0 Å². The molecule has 0 bridgehead atoms. The van der Waals surface area contributed by atoms with Crippen molar-refractivity contribution in [3.63, 3.8) is 0 Å². The van der Waals surface area contributed by atoms with Crippen molar-refractivity contribution in [2.45, 2.75) is 45.4 Å². The van der Waals surface area contributed by atoms with Crippen LogP contribution in [0.4, 0.5) is 0 Å². The van der Waals surface area contributed by atoms with E-state index in [1.807, 2.05) is 0 Å². The van der Waals surface area contributed by atoms with Gasteiger partial charge in [0.2, 0.25) is 0 Å². The van der Waals surface area contributed by atoms with Crippen LogP contribution in [0.3, 0.4) is 0 Å². The first kappa shape index (κ1) is 12.0. The van der Waals surface area contributed by atoms with Crippen LogP contribution in [-0.4, -0.2) is 12.6 Å². The predicted molar refractivity (Wildman–Crippen MR) is 53.2 cm³/mol. The Morgan fingerprint density at radius 2 is 2.15 bits per heavy atom. The molecular weight excluding hydrogens is 164 g/mol. The molecule has 0 aliphatic carbocycles. The summed E-state index contributed by atoms with van der Waals surface area (Å²) < 4.78 is 4.96. The van der Waals surface area contributed by atoms with Gasteiger partial charge in [-0.05, 0) is 6.42 Å². The summed E-state index contributed by atoms with van der Waals surface area (Å²) >= 11 is 0. The first-order chi connectivity index (χ1) is 6.31. The second-order valence-corrected chi connectivity index (χ2v) is 2.99. The number of terminal acetylenes is 1. The third-order valence-electron chi connectivity index (χ3n) is 1.73. The van der Waals surface area contributed by atoms with Gasteiger partial charge in [0.1, 0.15) is 0 Å². The van der Waals surface area contributed by atoms with Crippen LogP contribution in [0, 0.1) is 12.3 Å².